The molecule has 3 fully saturated rings. The van der Waals surface area contributed by atoms with Crippen molar-refractivity contribution in [2.24, 2.45) is 10.9 Å². The first kappa shape index (κ1) is 22.1. The van der Waals surface area contributed by atoms with E-state index in [1.165, 1.54) is 0 Å². The third-order valence-electron chi connectivity index (χ3n) is 5.27. The fraction of sp³-hybridized carbons (Fsp3) is 0.944. The maximum absolute atomic E-state index is 5.94. The van der Waals surface area contributed by atoms with Crippen molar-refractivity contribution < 1.29 is 14.2 Å². The van der Waals surface area contributed by atoms with E-state index in [-0.39, 0.29) is 36.2 Å². The highest BCUT2D eigenvalue weighted by Gasteiger charge is 2.32. The third-order valence-corrected chi connectivity index (χ3v) is 5.27. The lowest BCUT2D eigenvalue weighted by Gasteiger charge is -2.37. The molecule has 0 aliphatic carbocycles. The van der Waals surface area contributed by atoms with Crippen molar-refractivity contribution in [2.45, 2.75) is 32.0 Å². The summed E-state index contributed by atoms with van der Waals surface area (Å²) in [6, 6.07) is 0. The Kier molecular flexibility index (Phi) is 9.90. The minimum absolute atomic E-state index is 0. The molecule has 152 valence electrons. The summed E-state index contributed by atoms with van der Waals surface area (Å²) in [5.41, 5.74) is 0. The van der Waals surface area contributed by atoms with Gasteiger partial charge in [0.25, 0.3) is 0 Å². The van der Waals surface area contributed by atoms with Gasteiger partial charge in [-0.3, -0.25) is 9.89 Å². The average Bonchev–Trinajstić information content (AvgIpc) is 3.18. The van der Waals surface area contributed by atoms with Crippen molar-refractivity contribution in [1.82, 2.24) is 15.1 Å². The molecule has 0 radical (unpaired) electrons. The lowest BCUT2D eigenvalue weighted by molar-refractivity contribution is -0.0817. The fourth-order valence-electron chi connectivity index (χ4n) is 3.88. The first-order valence-electron chi connectivity index (χ1n) is 9.75. The van der Waals surface area contributed by atoms with E-state index in [9.17, 15) is 0 Å². The molecule has 3 aliphatic heterocycles. The van der Waals surface area contributed by atoms with E-state index in [1.54, 1.807) is 0 Å². The second-order valence-corrected chi connectivity index (χ2v) is 7.35. The van der Waals surface area contributed by atoms with Crippen molar-refractivity contribution in [3.63, 3.8) is 0 Å². The molecule has 0 aromatic rings. The van der Waals surface area contributed by atoms with Crippen LogP contribution in [-0.4, -0.2) is 101 Å². The Morgan fingerprint density at radius 3 is 2.58 bits per heavy atom. The van der Waals surface area contributed by atoms with Crippen LogP contribution in [0.5, 0.6) is 0 Å². The zero-order valence-electron chi connectivity index (χ0n) is 16.2. The van der Waals surface area contributed by atoms with Crippen molar-refractivity contribution >= 4 is 29.9 Å². The second-order valence-electron chi connectivity index (χ2n) is 7.35. The van der Waals surface area contributed by atoms with E-state index in [4.69, 9.17) is 14.2 Å². The van der Waals surface area contributed by atoms with Crippen LogP contribution in [0.3, 0.4) is 0 Å². The van der Waals surface area contributed by atoms with Gasteiger partial charge in [-0.1, -0.05) is 6.92 Å². The maximum atomic E-state index is 5.94. The molecule has 26 heavy (non-hydrogen) atoms. The highest BCUT2D eigenvalue weighted by Crippen LogP contribution is 2.21. The number of guanidine groups is 1. The van der Waals surface area contributed by atoms with Crippen molar-refractivity contribution in [3.8, 4) is 0 Å². The van der Waals surface area contributed by atoms with Crippen LogP contribution in [-0.2, 0) is 14.2 Å². The molecule has 0 bridgehead atoms. The van der Waals surface area contributed by atoms with Crippen LogP contribution in [0.4, 0.5) is 0 Å². The first-order chi connectivity index (χ1) is 12.3. The number of hydrogen-bond donors (Lipinski definition) is 1. The standard InChI is InChI=1S/C18H34N4O3.HI/c1-15(13-21-5-9-23-10-6-21)12-20-18(19-2)22-7-11-25-17(14-22)16-4-3-8-24-16;/h15-17H,3-14H2,1-2H3,(H,19,20);1H. The predicted molar refractivity (Wildman–Crippen MR) is 113 cm³/mol. The molecule has 8 heteroatoms. The van der Waals surface area contributed by atoms with Crippen LogP contribution in [0, 0.1) is 5.92 Å². The molecular formula is C18H35IN4O3. The fourth-order valence-corrected chi connectivity index (χ4v) is 3.88. The summed E-state index contributed by atoms with van der Waals surface area (Å²) in [6.45, 7) is 11.5. The number of aliphatic imine (C=N–C) groups is 1. The molecule has 0 aromatic heterocycles. The smallest absolute Gasteiger partial charge is 0.193 e. The minimum atomic E-state index is 0. The summed E-state index contributed by atoms with van der Waals surface area (Å²) in [5.74, 6) is 1.56. The zero-order valence-corrected chi connectivity index (χ0v) is 18.5. The lowest BCUT2D eigenvalue weighted by atomic mass is 10.1. The Hall–Kier alpha value is -0.160. The van der Waals surface area contributed by atoms with Gasteiger partial charge >= 0.3 is 0 Å². The molecule has 1 N–H and O–H groups in total. The van der Waals surface area contributed by atoms with Crippen LogP contribution in [0.15, 0.2) is 4.99 Å². The van der Waals surface area contributed by atoms with E-state index in [0.29, 0.717) is 5.92 Å². The molecule has 3 unspecified atom stereocenters. The van der Waals surface area contributed by atoms with Gasteiger partial charge in [0.2, 0.25) is 0 Å². The number of nitrogens with one attached hydrogen (secondary N) is 1. The summed E-state index contributed by atoms with van der Waals surface area (Å²) >= 11 is 0. The Labute approximate surface area is 174 Å². The zero-order chi connectivity index (χ0) is 17.5. The Bertz CT molecular complexity index is 429. The van der Waals surface area contributed by atoms with E-state index in [0.717, 1.165) is 84.5 Å². The van der Waals surface area contributed by atoms with Gasteiger partial charge in [0.05, 0.1) is 25.9 Å². The molecule has 0 amide bonds. The number of ether oxygens (including phenoxy) is 3. The Balaban J connectivity index is 0.00000243. The molecule has 3 atom stereocenters. The first-order valence-corrected chi connectivity index (χ1v) is 9.75. The summed E-state index contributed by atoms with van der Waals surface area (Å²) in [6.07, 6.45) is 2.68. The van der Waals surface area contributed by atoms with E-state index in [2.05, 4.69) is 27.0 Å². The van der Waals surface area contributed by atoms with Gasteiger partial charge in [-0.05, 0) is 18.8 Å². The SMILES string of the molecule is CN=C(NCC(C)CN1CCOCC1)N1CCOC(C2CCCO2)C1.I. The predicted octanol–water partition coefficient (Wildman–Crippen LogP) is 1.03. The highest BCUT2D eigenvalue weighted by molar-refractivity contribution is 14.0. The molecular weight excluding hydrogens is 447 g/mol. The normalized spacial score (nSPS) is 29.3. The molecule has 3 rings (SSSR count). The summed E-state index contributed by atoms with van der Waals surface area (Å²) in [4.78, 5) is 9.30. The number of nitrogens with zero attached hydrogens (tertiary/aromatic N) is 3. The molecule has 3 saturated heterocycles. The molecule has 0 saturated carbocycles. The van der Waals surface area contributed by atoms with Crippen LogP contribution >= 0.6 is 24.0 Å². The van der Waals surface area contributed by atoms with Crippen LogP contribution in [0.2, 0.25) is 0 Å². The Morgan fingerprint density at radius 2 is 1.88 bits per heavy atom. The monoisotopic (exact) mass is 482 g/mol. The molecule has 3 aliphatic rings. The third kappa shape index (κ3) is 6.47. The summed E-state index contributed by atoms with van der Waals surface area (Å²) < 4.78 is 17.2. The van der Waals surface area contributed by atoms with Crippen LogP contribution in [0.25, 0.3) is 0 Å². The number of halogens is 1. The van der Waals surface area contributed by atoms with E-state index >= 15 is 0 Å². The van der Waals surface area contributed by atoms with Gasteiger partial charge < -0.3 is 24.4 Å². The molecule has 7 nitrogen and oxygen atoms in total. The van der Waals surface area contributed by atoms with Gasteiger partial charge in [-0.15, -0.1) is 24.0 Å². The van der Waals surface area contributed by atoms with Gasteiger partial charge in [-0.2, -0.15) is 0 Å². The topological polar surface area (TPSA) is 58.6 Å². The largest absolute Gasteiger partial charge is 0.379 e. The number of hydrogen-bond acceptors (Lipinski definition) is 5. The summed E-state index contributed by atoms with van der Waals surface area (Å²) in [7, 11) is 1.87. The Morgan fingerprint density at radius 1 is 1.12 bits per heavy atom. The van der Waals surface area contributed by atoms with Crippen molar-refractivity contribution in [3.05, 3.63) is 0 Å². The summed E-state index contributed by atoms with van der Waals surface area (Å²) in [5, 5.41) is 3.56. The van der Waals surface area contributed by atoms with Gasteiger partial charge in [0.15, 0.2) is 5.96 Å². The van der Waals surface area contributed by atoms with E-state index < -0.39 is 0 Å². The number of rotatable bonds is 5. The molecule has 0 aromatic carbocycles. The van der Waals surface area contributed by atoms with Crippen molar-refractivity contribution in [2.75, 3.05) is 72.7 Å². The van der Waals surface area contributed by atoms with Crippen molar-refractivity contribution in [1.29, 1.82) is 0 Å². The van der Waals surface area contributed by atoms with Crippen LogP contribution < -0.4 is 5.32 Å². The highest BCUT2D eigenvalue weighted by atomic mass is 127. The number of morpholine rings is 2. The quantitative estimate of drug-likeness (QED) is 0.359. The molecule has 3 heterocycles. The lowest BCUT2D eigenvalue weighted by Crippen LogP contribution is -2.54. The molecule has 0 spiro atoms. The second kappa shape index (κ2) is 11.6. The minimum Gasteiger partial charge on any atom is -0.379 e. The average molecular weight is 482 g/mol. The van der Waals surface area contributed by atoms with E-state index in [1.807, 2.05) is 7.05 Å². The van der Waals surface area contributed by atoms with Gasteiger partial charge in [0, 0.05) is 52.9 Å². The van der Waals surface area contributed by atoms with Gasteiger partial charge in [-0.25, -0.2) is 0 Å². The maximum Gasteiger partial charge on any atom is 0.193 e. The van der Waals surface area contributed by atoms with Crippen LogP contribution in [0.1, 0.15) is 19.8 Å². The van der Waals surface area contributed by atoms with Gasteiger partial charge in [0.1, 0.15) is 6.10 Å².